The molecule has 0 spiro atoms. The molecule has 4 atom stereocenters. The number of hydrogen-bond donors (Lipinski definition) is 7. The molecule has 8 N–H and O–H groups in total. The Hall–Kier alpha value is -3.48. The average molecular weight is 454 g/mol. The molecule has 0 bridgehead atoms. The third-order valence-electron chi connectivity index (χ3n) is 4.53. The van der Waals surface area contributed by atoms with Gasteiger partial charge in [-0.3, -0.25) is 19.2 Å². The minimum Gasteiger partial charge on any atom is -0.481 e. The second-order valence-electron chi connectivity index (χ2n) is 7.69. The first kappa shape index (κ1) is 26.6. The molecule has 0 aliphatic heterocycles. The van der Waals surface area contributed by atoms with Crippen molar-refractivity contribution in [1.29, 1.82) is 0 Å². The maximum Gasteiger partial charge on any atom is 0.326 e. The highest BCUT2D eigenvalue weighted by atomic mass is 16.4. The van der Waals surface area contributed by atoms with E-state index in [1.54, 1.807) is 13.8 Å². The Balaban J connectivity index is 2.92. The lowest BCUT2D eigenvalue weighted by molar-refractivity contribution is -0.142. The Morgan fingerprint density at radius 2 is 1.62 bits per heavy atom. The lowest BCUT2D eigenvalue weighted by Crippen LogP contribution is -2.58. The van der Waals surface area contributed by atoms with Crippen molar-refractivity contribution in [2.75, 3.05) is 0 Å². The molecule has 0 aliphatic carbocycles. The number of aromatic nitrogens is 2. The molecule has 0 radical (unpaired) electrons. The minimum absolute atomic E-state index is 0.0501. The van der Waals surface area contributed by atoms with Gasteiger partial charge in [0.2, 0.25) is 17.7 Å². The smallest absolute Gasteiger partial charge is 0.326 e. The summed E-state index contributed by atoms with van der Waals surface area (Å²) in [5.74, 6) is -5.06. The molecule has 1 aromatic rings. The molecule has 3 amide bonds. The van der Waals surface area contributed by atoms with E-state index in [2.05, 4.69) is 25.9 Å². The number of rotatable bonds is 13. The Kier molecular flexibility index (Phi) is 10.3. The number of H-pyrrole nitrogens is 1. The van der Waals surface area contributed by atoms with Crippen LogP contribution in [0.5, 0.6) is 0 Å². The molecule has 13 nitrogen and oxygen atoms in total. The van der Waals surface area contributed by atoms with Crippen LogP contribution in [-0.2, 0) is 30.4 Å². The number of aliphatic carboxylic acids is 2. The summed E-state index contributed by atoms with van der Waals surface area (Å²) in [5.41, 5.74) is 5.99. The lowest BCUT2D eigenvalue weighted by Gasteiger charge is -2.26. The number of carbonyl (C=O) groups is 5. The summed E-state index contributed by atoms with van der Waals surface area (Å²) in [5, 5.41) is 25.6. The van der Waals surface area contributed by atoms with Gasteiger partial charge in [-0.1, -0.05) is 13.8 Å². The molecule has 0 saturated heterocycles. The van der Waals surface area contributed by atoms with Crippen LogP contribution in [0.4, 0.5) is 0 Å². The first-order valence-corrected chi connectivity index (χ1v) is 10.0. The van der Waals surface area contributed by atoms with E-state index in [-0.39, 0.29) is 12.8 Å². The number of carboxylic acid groups (broad SMARTS) is 2. The fourth-order valence-corrected chi connectivity index (χ4v) is 2.71. The predicted molar refractivity (Wildman–Crippen MR) is 111 cm³/mol. The van der Waals surface area contributed by atoms with Gasteiger partial charge in [0, 0.05) is 24.7 Å². The van der Waals surface area contributed by atoms with Crippen molar-refractivity contribution in [3.63, 3.8) is 0 Å². The number of aromatic amines is 1. The van der Waals surface area contributed by atoms with E-state index < -0.39 is 66.2 Å². The van der Waals surface area contributed by atoms with Crippen LogP contribution in [-0.4, -0.2) is 74.0 Å². The number of carbonyl (C=O) groups excluding carboxylic acids is 3. The Morgan fingerprint density at radius 1 is 1.00 bits per heavy atom. The van der Waals surface area contributed by atoms with Crippen molar-refractivity contribution in [2.24, 2.45) is 11.7 Å². The van der Waals surface area contributed by atoms with Gasteiger partial charge in [0.15, 0.2) is 0 Å². The quantitative estimate of drug-likeness (QED) is 0.181. The van der Waals surface area contributed by atoms with Gasteiger partial charge < -0.3 is 36.9 Å². The molecule has 1 aromatic heterocycles. The van der Waals surface area contributed by atoms with Crippen LogP contribution in [0.15, 0.2) is 12.5 Å². The second kappa shape index (κ2) is 12.4. The molecule has 4 unspecified atom stereocenters. The van der Waals surface area contributed by atoms with Crippen molar-refractivity contribution in [1.82, 2.24) is 25.9 Å². The van der Waals surface area contributed by atoms with Crippen molar-refractivity contribution in [2.45, 2.75) is 64.2 Å². The SMILES string of the molecule is CC(N)C(=O)NC(CCC(=O)O)C(=O)NC(C(=O)NC(Cc1cnc[nH]1)C(=O)O)C(C)C. The number of hydrogen-bond acceptors (Lipinski definition) is 7. The predicted octanol–water partition coefficient (Wildman–Crippen LogP) is -1.64. The van der Waals surface area contributed by atoms with Gasteiger partial charge in [0.05, 0.1) is 12.4 Å². The van der Waals surface area contributed by atoms with Crippen molar-refractivity contribution in [3.05, 3.63) is 18.2 Å². The maximum absolute atomic E-state index is 12.8. The number of nitrogens with zero attached hydrogens (tertiary/aromatic N) is 1. The van der Waals surface area contributed by atoms with Crippen molar-refractivity contribution < 1.29 is 34.2 Å². The van der Waals surface area contributed by atoms with Gasteiger partial charge in [0.25, 0.3) is 0 Å². The largest absolute Gasteiger partial charge is 0.481 e. The lowest BCUT2D eigenvalue weighted by atomic mass is 10.0. The van der Waals surface area contributed by atoms with E-state index in [9.17, 15) is 29.1 Å². The summed E-state index contributed by atoms with van der Waals surface area (Å²) in [7, 11) is 0. The van der Waals surface area contributed by atoms with Gasteiger partial charge >= 0.3 is 11.9 Å². The van der Waals surface area contributed by atoms with Crippen LogP contribution in [0.2, 0.25) is 0 Å². The first-order valence-electron chi connectivity index (χ1n) is 10.0. The molecule has 13 heteroatoms. The van der Waals surface area contributed by atoms with E-state index in [0.29, 0.717) is 5.69 Å². The summed E-state index contributed by atoms with van der Waals surface area (Å²) in [4.78, 5) is 66.4. The van der Waals surface area contributed by atoms with Crippen molar-refractivity contribution in [3.8, 4) is 0 Å². The molecule has 1 rings (SSSR count). The summed E-state index contributed by atoms with van der Waals surface area (Å²) in [6, 6.07) is -4.58. The number of nitrogens with two attached hydrogens (primary N) is 1. The fraction of sp³-hybridized carbons (Fsp3) is 0.579. The average Bonchev–Trinajstić information content (AvgIpc) is 3.20. The third kappa shape index (κ3) is 8.71. The molecule has 0 fully saturated rings. The Morgan fingerprint density at radius 3 is 2.09 bits per heavy atom. The Labute approximate surface area is 184 Å². The summed E-state index contributed by atoms with van der Waals surface area (Å²) >= 11 is 0. The number of imidazole rings is 1. The molecule has 32 heavy (non-hydrogen) atoms. The normalized spacial score (nSPS) is 14.7. The number of amides is 3. The highest BCUT2D eigenvalue weighted by Gasteiger charge is 2.32. The van der Waals surface area contributed by atoms with Crippen LogP contribution < -0.4 is 21.7 Å². The van der Waals surface area contributed by atoms with Crippen LogP contribution >= 0.6 is 0 Å². The first-order chi connectivity index (χ1) is 14.9. The van der Waals surface area contributed by atoms with Gasteiger partial charge in [-0.25, -0.2) is 9.78 Å². The fourth-order valence-electron chi connectivity index (χ4n) is 2.71. The highest BCUT2D eigenvalue weighted by molar-refractivity contribution is 5.94. The van der Waals surface area contributed by atoms with Crippen LogP contribution in [0, 0.1) is 5.92 Å². The van der Waals surface area contributed by atoms with E-state index >= 15 is 0 Å². The van der Waals surface area contributed by atoms with Gasteiger partial charge in [-0.2, -0.15) is 0 Å². The monoisotopic (exact) mass is 454 g/mol. The highest BCUT2D eigenvalue weighted by Crippen LogP contribution is 2.07. The summed E-state index contributed by atoms with van der Waals surface area (Å²) in [6.07, 6.45) is 2.13. The molecular weight excluding hydrogens is 424 g/mol. The molecular formula is C19H30N6O7. The zero-order valence-electron chi connectivity index (χ0n) is 18.1. The molecule has 0 aliphatic rings. The topological polar surface area (TPSA) is 217 Å². The summed E-state index contributed by atoms with van der Waals surface area (Å²) < 4.78 is 0. The number of carboxylic acids is 2. The number of nitrogens with one attached hydrogen (secondary N) is 4. The van der Waals surface area contributed by atoms with Crippen LogP contribution in [0.25, 0.3) is 0 Å². The van der Waals surface area contributed by atoms with Gasteiger partial charge in [-0.15, -0.1) is 0 Å². The minimum atomic E-state index is -1.28. The van der Waals surface area contributed by atoms with Crippen LogP contribution in [0.1, 0.15) is 39.3 Å². The molecule has 0 aromatic carbocycles. The molecule has 178 valence electrons. The second-order valence-corrected chi connectivity index (χ2v) is 7.69. The molecule has 0 saturated carbocycles. The standard InChI is InChI=1S/C19H30N6O7/c1-9(2)15(18(30)24-13(19(31)32)6-11-7-21-8-22-11)25-17(29)12(4-5-14(26)27)23-16(28)10(3)20/h7-10,12-13,15H,4-6,20H2,1-3H3,(H,21,22)(H,23,28)(H,24,30)(H,25,29)(H,26,27)(H,31,32). The van der Waals surface area contributed by atoms with Crippen LogP contribution in [0.3, 0.4) is 0 Å². The summed E-state index contributed by atoms with van der Waals surface area (Å²) in [6.45, 7) is 4.68. The Bertz CT molecular complexity index is 809. The molecule has 1 heterocycles. The van der Waals surface area contributed by atoms with Crippen molar-refractivity contribution >= 4 is 29.7 Å². The van der Waals surface area contributed by atoms with E-state index in [0.717, 1.165) is 0 Å². The van der Waals surface area contributed by atoms with Gasteiger partial charge in [-0.05, 0) is 19.3 Å². The van der Waals surface area contributed by atoms with E-state index in [4.69, 9.17) is 10.8 Å². The van der Waals surface area contributed by atoms with Gasteiger partial charge in [0.1, 0.15) is 18.1 Å². The third-order valence-corrected chi connectivity index (χ3v) is 4.53. The van der Waals surface area contributed by atoms with E-state index in [1.165, 1.54) is 19.4 Å². The maximum atomic E-state index is 12.8. The zero-order valence-corrected chi connectivity index (χ0v) is 18.1. The zero-order chi connectivity index (χ0) is 24.4. The van der Waals surface area contributed by atoms with E-state index in [1.807, 2.05) is 0 Å².